The highest BCUT2D eigenvalue weighted by molar-refractivity contribution is 5.79. The summed E-state index contributed by atoms with van der Waals surface area (Å²) >= 11 is 0. The lowest BCUT2D eigenvalue weighted by Crippen LogP contribution is -2.37. The molecule has 0 spiro atoms. The zero-order valence-electron chi connectivity index (χ0n) is 19.3. The number of imidazole rings is 1. The van der Waals surface area contributed by atoms with E-state index in [9.17, 15) is 4.39 Å². The lowest BCUT2D eigenvalue weighted by Gasteiger charge is -2.27. The molecule has 0 saturated carbocycles. The monoisotopic (exact) mass is 482 g/mol. The number of H-pyrrole nitrogens is 1. The summed E-state index contributed by atoms with van der Waals surface area (Å²) in [6.45, 7) is 2.59. The van der Waals surface area contributed by atoms with Gasteiger partial charge in [-0.15, -0.1) is 0 Å². The highest BCUT2D eigenvalue weighted by Crippen LogP contribution is 2.25. The summed E-state index contributed by atoms with van der Waals surface area (Å²) in [6, 6.07) is 21.9. The maximum absolute atomic E-state index is 13.3. The van der Waals surface area contributed by atoms with E-state index in [0.29, 0.717) is 49.8 Å². The van der Waals surface area contributed by atoms with E-state index in [1.54, 1.807) is 12.1 Å². The maximum atomic E-state index is 13.3. The fraction of sp³-hybridized carbons (Fsp3) is 0.154. The van der Waals surface area contributed by atoms with Crippen LogP contribution in [0.25, 0.3) is 22.4 Å². The van der Waals surface area contributed by atoms with E-state index in [1.165, 1.54) is 12.1 Å². The summed E-state index contributed by atoms with van der Waals surface area (Å²) in [5, 5.41) is 6.41. The highest BCUT2D eigenvalue weighted by Gasteiger charge is 2.17. The van der Waals surface area contributed by atoms with Gasteiger partial charge in [-0.25, -0.2) is 9.37 Å². The van der Waals surface area contributed by atoms with Crippen LogP contribution in [0.15, 0.2) is 72.8 Å². The van der Waals surface area contributed by atoms with E-state index in [0.717, 1.165) is 28.1 Å². The molecule has 1 fully saturated rings. The number of nitrogens with zero attached hydrogens (tertiary/aromatic N) is 5. The molecule has 2 aromatic heterocycles. The minimum absolute atomic E-state index is 0.307. The molecule has 6 rings (SSSR count). The molecular weight excluding hydrogens is 459 g/mol. The Bertz CT molecular complexity index is 1450. The number of hydrogen-bond acceptors (Lipinski definition) is 8. The Morgan fingerprint density at radius 2 is 1.39 bits per heavy atom. The first-order chi connectivity index (χ1) is 17.7. The van der Waals surface area contributed by atoms with E-state index >= 15 is 0 Å². The molecule has 0 aliphatic carbocycles. The lowest BCUT2D eigenvalue weighted by molar-refractivity contribution is 0.122. The number of halogens is 1. The van der Waals surface area contributed by atoms with Crippen molar-refractivity contribution in [2.75, 3.05) is 41.8 Å². The number of rotatable bonds is 6. The van der Waals surface area contributed by atoms with Crippen LogP contribution in [0.4, 0.5) is 33.6 Å². The second-order valence-electron chi connectivity index (χ2n) is 8.32. The Hall–Kier alpha value is -4.57. The fourth-order valence-electron chi connectivity index (χ4n) is 3.97. The van der Waals surface area contributed by atoms with Crippen molar-refractivity contribution in [2.45, 2.75) is 0 Å². The number of hydrogen-bond donors (Lipinski definition) is 3. The molecule has 180 valence electrons. The van der Waals surface area contributed by atoms with Crippen LogP contribution in [0, 0.1) is 5.82 Å². The molecule has 3 N–H and O–H groups in total. The van der Waals surface area contributed by atoms with Gasteiger partial charge in [-0.2, -0.15) is 15.0 Å². The number of para-hydroxylation sites is 2. The average molecular weight is 483 g/mol. The predicted molar refractivity (Wildman–Crippen MR) is 137 cm³/mol. The molecule has 1 aliphatic rings. The van der Waals surface area contributed by atoms with Crippen LogP contribution >= 0.6 is 0 Å². The molecule has 36 heavy (non-hydrogen) atoms. The summed E-state index contributed by atoms with van der Waals surface area (Å²) < 4.78 is 18.8. The number of benzene rings is 3. The number of morpholine rings is 1. The Morgan fingerprint density at radius 1 is 0.750 bits per heavy atom. The van der Waals surface area contributed by atoms with Crippen LogP contribution in [0.5, 0.6) is 0 Å². The zero-order valence-corrected chi connectivity index (χ0v) is 19.3. The quantitative estimate of drug-likeness (QED) is 0.315. The van der Waals surface area contributed by atoms with E-state index in [4.69, 9.17) is 4.74 Å². The third-order valence-corrected chi connectivity index (χ3v) is 5.82. The topological polar surface area (TPSA) is 104 Å². The van der Waals surface area contributed by atoms with Crippen molar-refractivity contribution in [3.63, 3.8) is 0 Å². The van der Waals surface area contributed by atoms with Crippen molar-refractivity contribution in [3.8, 4) is 11.4 Å². The molecule has 3 aromatic carbocycles. The second-order valence-corrected chi connectivity index (χ2v) is 8.32. The summed E-state index contributed by atoms with van der Waals surface area (Å²) in [5.74, 6) is 1.80. The minimum Gasteiger partial charge on any atom is -0.378 e. The van der Waals surface area contributed by atoms with Crippen molar-refractivity contribution in [2.24, 2.45) is 0 Å². The largest absolute Gasteiger partial charge is 0.378 e. The normalized spacial score (nSPS) is 13.6. The molecular formula is C26H23FN8O. The third-order valence-electron chi connectivity index (χ3n) is 5.82. The number of aromatic amines is 1. The first-order valence-corrected chi connectivity index (χ1v) is 11.6. The molecule has 1 saturated heterocycles. The molecule has 0 amide bonds. The second kappa shape index (κ2) is 9.59. The Balaban J connectivity index is 1.26. The average Bonchev–Trinajstić information content (AvgIpc) is 3.35. The predicted octanol–water partition coefficient (Wildman–Crippen LogP) is 4.88. The number of fused-ring (bicyclic) bond motifs is 1. The van der Waals surface area contributed by atoms with Gasteiger partial charge >= 0.3 is 0 Å². The molecule has 1 aliphatic heterocycles. The van der Waals surface area contributed by atoms with Gasteiger partial charge in [0.2, 0.25) is 17.8 Å². The van der Waals surface area contributed by atoms with Gasteiger partial charge in [0.05, 0.1) is 24.2 Å². The molecule has 10 heteroatoms. The number of anilines is 5. The van der Waals surface area contributed by atoms with E-state index in [1.807, 2.05) is 48.5 Å². The van der Waals surface area contributed by atoms with Crippen LogP contribution in [-0.2, 0) is 4.74 Å². The van der Waals surface area contributed by atoms with Gasteiger partial charge in [-0.3, -0.25) is 0 Å². The third kappa shape index (κ3) is 4.80. The van der Waals surface area contributed by atoms with Gasteiger partial charge in [0.15, 0.2) is 0 Å². The molecule has 0 unspecified atom stereocenters. The van der Waals surface area contributed by atoms with Gasteiger partial charge in [0.1, 0.15) is 11.6 Å². The van der Waals surface area contributed by atoms with Gasteiger partial charge in [0, 0.05) is 30.0 Å². The van der Waals surface area contributed by atoms with Gasteiger partial charge < -0.3 is 25.3 Å². The Kier molecular flexibility index (Phi) is 5.84. The summed E-state index contributed by atoms with van der Waals surface area (Å²) in [7, 11) is 0. The van der Waals surface area contributed by atoms with Crippen LogP contribution in [-0.4, -0.2) is 51.2 Å². The van der Waals surface area contributed by atoms with Crippen molar-refractivity contribution in [1.29, 1.82) is 0 Å². The van der Waals surface area contributed by atoms with Crippen LogP contribution in [0.3, 0.4) is 0 Å². The summed E-state index contributed by atoms with van der Waals surface area (Å²) in [5.41, 5.74) is 4.40. The van der Waals surface area contributed by atoms with E-state index < -0.39 is 0 Å². The highest BCUT2D eigenvalue weighted by atomic mass is 19.1. The summed E-state index contributed by atoms with van der Waals surface area (Å²) in [4.78, 5) is 23.8. The van der Waals surface area contributed by atoms with Crippen molar-refractivity contribution in [1.82, 2.24) is 24.9 Å². The van der Waals surface area contributed by atoms with Crippen LogP contribution < -0.4 is 15.5 Å². The zero-order chi connectivity index (χ0) is 24.3. The minimum atomic E-state index is -0.307. The van der Waals surface area contributed by atoms with Crippen LogP contribution in [0.1, 0.15) is 0 Å². The summed E-state index contributed by atoms with van der Waals surface area (Å²) in [6.07, 6.45) is 0. The van der Waals surface area contributed by atoms with Crippen molar-refractivity contribution < 1.29 is 9.13 Å². The van der Waals surface area contributed by atoms with E-state index in [2.05, 4.69) is 40.5 Å². The van der Waals surface area contributed by atoms with Crippen molar-refractivity contribution >= 4 is 40.3 Å². The molecule has 0 atom stereocenters. The molecule has 9 nitrogen and oxygen atoms in total. The first-order valence-electron chi connectivity index (χ1n) is 11.6. The fourth-order valence-corrected chi connectivity index (χ4v) is 3.97. The Labute approximate surface area is 206 Å². The standard InChI is InChI=1S/C26H23FN8O/c27-18-7-11-20(12-8-18)29-25-32-24(33-26(34-25)35-13-15-36-16-14-35)28-19-9-5-17(6-10-19)23-30-21-3-1-2-4-22(21)31-23/h1-12H,13-16H2,(H,30,31)(H2,28,29,32,33,34). The maximum Gasteiger partial charge on any atom is 0.233 e. The number of aromatic nitrogens is 5. The number of nitrogens with one attached hydrogen (secondary N) is 3. The number of ether oxygens (including phenoxy) is 1. The molecule has 0 bridgehead atoms. The van der Waals surface area contributed by atoms with E-state index in [-0.39, 0.29) is 5.82 Å². The lowest BCUT2D eigenvalue weighted by atomic mass is 10.2. The molecule has 3 heterocycles. The smallest absolute Gasteiger partial charge is 0.233 e. The SMILES string of the molecule is Fc1ccc(Nc2nc(Nc3ccc(-c4nc5ccccc5[nH]4)cc3)nc(N3CCOCC3)n2)cc1. The first kappa shape index (κ1) is 21.9. The van der Waals surface area contributed by atoms with Gasteiger partial charge in [-0.05, 0) is 60.7 Å². The molecule has 5 aromatic rings. The van der Waals surface area contributed by atoms with Crippen LogP contribution in [0.2, 0.25) is 0 Å². The molecule has 0 radical (unpaired) electrons. The van der Waals surface area contributed by atoms with Crippen molar-refractivity contribution in [3.05, 3.63) is 78.6 Å². The van der Waals surface area contributed by atoms with Gasteiger partial charge in [0.25, 0.3) is 0 Å². The van der Waals surface area contributed by atoms with Gasteiger partial charge in [-0.1, -0.05) is 12.1 Å². The Morgan fingerprint density at radius 3 is 2.06 bits per heavy atom.